The molecular weight excluding hydrogens is 234 g/mol. The van der Waals surface area contributed by atoms with Gasteiger partial charge in [-0.2, -0.15) is 5.10 Å². The molecule has 102 valence electrons. The van der Waals surface area contributed by atoms with Gasteiger partial charge in [0.25, 0.3) is 0 Å². The number of rotatable bonds is 5. The molecule has 6 heteroatoms. The van der Waals surface area contributed by atoms with E-state index in [4.69, 9.17) is 9.84 Å². The van der Waals surface area contributed by atoms with Crippen molar-refractivity contribution in [3.63, 3.8) is 0 Å². The highest BCUT2D eigenvalue weighted by Crippen LogP contribution is 2.06. The standard InChI is InChI=1S/C12H21N3O3/c1-12(2,3)18-11(17)13-5-4-6-15-8-10(9-16)7-14-15/h7-8,16H,4-6,9H2,1-3H3,(H,13,17). The summed E-state index contributed by atoms with van der Waals surface area (Å²) in [6.45, 7) is 6.70. The highest BCUT2D eigenvalue weighted by atomic mass is 16.6. The molecule has 0 fully saturated rings. The molecule has 2 N–H and O–H groups in total. The fraction of sp³-hybridized carbons (Fsp3) is 0.667. The minimum absolute atomic E-state index is 0.00381. The van der Waals surface area contributed by atoms with Crippen molar-refractivity contribution in [2.75, 3.05) is 6.54 Å². The van der Waals surface area contributed by atoms with E-state index in [1.54, 1.807) is 17.1 Å². The Morgan fingerprint density at radius 1 is 1.56 bits per heavy atom. The van der Waals surface area contributed by atoms with Crippen molar-refractivity contribution < 1.29 is 14.6 Å². The predicted octanol–water partition coefficient (Wildman–Crippen LogP) is 1.29. The highest BCUT2D eigenvalue weighted by Gasteiger charge is 2.15. The fourth-order valence-electron chi connectivity index (χ4n) is 1.36. The van der Waals surface area contributed by atoms with Gasteiger partial charge in [-0.3, -0.25) is 4.68 Å². The number of nitrogens with one attached hydrogen (secondary N) is 1. The maximum absolute atomic E-state index is 11.3. The molecule has 0 spiro atoms. The van der Waals surface area contributed by atoms with Crippen LogP contribution in [0.4, 0.5) is 4.79 Å². The molecule has 1 aromatic rings. The number of aryl methyl sites for hydroxylation is 1. The predicted molar refractivity (Wildman–Crippen MR) is 67.0 cm³/mol. The van der Waals surface area contributed by atoms with E-state index < -0.39 is 11.7 Å². The first kappa shape index (κ1) is 14.5. The lowest BCUT2D eigenvalue weighted by molar-refractivity contribution is 0.0526. The van der Waals surface area contributed by atoms with E-state index in [1.165, 1.54) is 0 Å². The molecule has 18 heavy (non-hydrogen) atoms. The minimum Gasteiger partial charge on any atom is -0.444 e. The van der Waals surface area contributed by atoms with Gasteiger partial charge in [0.1, 0.15) is 5.60 Å². The summed E-state index contributed by atoms with van der Waals surface area (Å²) < 4.78 is 6.84. The molecule has 1 aromatic heterocycles. The van der Waals surface area contributed by atoms with Crippen LogP contribution in [0.15, 0.2) is 12.4 Å². The third kappa shape index (κ3) is 5.67. The number of carbonyl (C=O) groups is 1. The number of aromatic nitrogens is 2. The zero-order valence-electron chi connectivity index (χ0n) is 11.1. The van der Waals surface area contributed by atoms with E-state index in [9.17, 15) is 4.79 Å². The smallest absolute Gasteiger partial charge is 0.407 e. The van der Waals surface area contributed by atoms with Crippen LogP contribution in [0.1, 0.15) is 32.8 Å². The first-order valence-electron chi connectivity index (χ1n) is 6.00. The van der Waals surface area contributed by atoms with Gasteiger partial charge >= 0.3 is 6.09 Å². The summed E-state index contributed by atoms with van der Waals surface area (Å²) in [5, 5.41) is 15.6. The molecule has 0 saturated heterocycles. The van der Waals surface area contributed by atoms with Crippen molar-refractivity contribution in [1.82, 2.24) is 15.1 Å². The Labute approximate surface area is 107 Å². The molecule has 0 aromatic carbocycles. The van der Waals surface area contributed by atoms with Crippen molar-refractivity contribution in [1.29, 1.82) is 0 Å². The Hall–Kier alpha value is -1.56. The second kappa shape index (κ2) is 6.39. The number of ether oxygens (including phenoxy) is 1. The van der Waals surface area contributed by atoms with Gasteiger partial charge < -0.3 is 15.2 Å². The lowest BCUT2D eigenvalue weighted by Crippen LogP contribution is -2.33. The molecule has 0 aliphatic heterocycles. The first-order chi connectivity index (χ1) is 8.40. The zero-order chi connectivity index (χ0) is 13.6. The topological polar surface area (TPSA) is 76.4 Å². The third-order valence-electron chi connectivity index (χ3n) is 2.10. The average Bonchev–Trinajstić information content (AvgIpc) is 2.70. The van der Waals surface area contributed by atoms with Crippen LogP contribution in [-0.4, -0.2) is 33.1 Å². The Balaban J connectivity index is 2.17. The number of carbonyl (C=O) groups excluding carboxylic acids is 1. The second-order valence-electron chi connectivity index (χ2n) is 5.05. The molecule has 1 rings (SSSR count). The summed E-state index contributed by atoms with van der Waals surface area (Å²) in [6.07, 6.45) is 3.76. The van der Waals surface area contributed by atoms with E-state index in [0.717, 1.165) is 12.0 Å². The molecule has 1 amide bonds. The van der Waals surface area contributed by atoms with Crippen molar-refractivity contribution >= 4 is 6.09 Å². The number of nitrogens with zero attached hydrogens (tertiary/aromatic N) is 2. The zero-order valence-corrected chi connectivity index (χ0v) is 11.1. The number of aliphatic hydroxyl groups excluding tert-OH is 1. The van der Waals surface area contributed by atoms with Crippen LogP contribution in [0.2, 0.25) is 0 Å². The SMILES string of the molecule is CC(C)(C)OC(=O)NCCCn1cc(CO)cn1. The van der Waals surface area contributed by atoms with Crippen molar-refractivity contribution in [2.45, 2.75) is 45.9 Å². The minimum atomic E-state index is -0.470. The summed E-state index contributed by atoms with van der Waals surface area (Å²) in [6, 6.07) is 0. The molecular formula is C12H21N3O3. The Kier molecular flexibility index (Phi) is 5.15. The van der Waals surface area contributed by atoms with Gasteiger partial charge in [0, 0.05) is 24.8 Å². The van der Waals surface area contributed by atoms with Gasteiger partial charge in [-0.1, -0.05) is 0 Å². The number of aliphatic hydroxyl groups is 1. The summed E-state index contributed by atoms with van der Waals surface area (Å²) in [5.74, 6) is 0. The van der Waals surface area contributed by atoms with Crippen molar-refractivity contribution in [3.8, 4) is 0 Å². The van der Waals surface area contributed by atoms with E-state index in [-0.39, 0.29) is 6.61 Å². The number of alkyl carbamates (subject to hydrolysis) is 1. The maximum Gasteiger partial charge on any atom is 0.407 e. The van der Waals surface area contributed by atoms with Crippen LogP contribution in [0.25, 0.3) is 0 Å². The quantitative estimate of drug-likeness (QED) is 0.777. The molecule has 0 unspecified atom stereocenters. The van der Waals surface area contributed by atoms with Crippen molar-refractivity contribution in [3.05, 3.63) is 18.0 Å². The third-order valence-corrected chi connectivity index (χ3v) is 2.10. The molecule has 0 aliphatic rings. The van der Waals surface area contributed by atoms with E-state index in [0.29, 0.717) is 13.1 Å². The van der Waals surface area contributed by atoms with E-state index >= 15 is 0 Å². The van der Waals surface area contributed by atoms with Crippen LogP contribution in [0.3, 0.4) is 0 Å². The van der Waals surface area contributed by atoms with Gasteiger partial charge in [0.2, 0.25) is 0 Å². The normalized spacial score (nSPS) is 11.3. The van der Waals surface area contributed by atoms with Gasteiger partial charge in [-0.25, -0.2) is 4.79 Å². The highest BCUT2D eigenvalue weighted by molar-refractivity contribution is 5.67. The number of amides is 1. The van der Waals surface area contributed by atoms with Crippen LogP contribution >= 0.6 is 0 Å². The van der Waals surface area contributed by atoms with Gasteiger partial charge in [-0.15, -0.1) is 0 Å². The molecule has 0 radical (unpaired) electrons. The van der Waals surface area contributed by atoms with Crippen LogP contribution in [-0.2, 0) is 17.9 Å². The number of hydrogen-bond acceptors (Lipinski definition) is 4. The largest absolute Gasteiger partial charge is 0.444 e. The van der Waals surface area contributed by atoms with Crippen LogP contribution in [0, 0.1) is 0 Å². The fourth-order valence-corrected chi connectivity index (χ4v) is 1.36. The van der Waals surface area contributed by atoms with Crippen LogP contribution in [0.5, 0.6) is 0 Å². The molecule has 0 bridgehead atoms. The summed E-state index contributed by atoms with van der Waals surface area (Å²) in [5.41, 5.74) is 0.317. The van der Waals surface area contributed by atoms with Gasteiger partial charge in [0.05, 0.1) is 12.8 Å². The lowest BCUT2D eigenvalue weighted by atomic mass is 10.2. The van der Waals surface area contributed by atoms with Crippen molar-refractivity contribution in [2.24, 2.45) is 0 Å². The molecule has 0 atom stereocenters. The monoisotopic (exact) mass is 255 g/mol. The second-order valence-corrected chi connectivity index (χ2v) is 5.05. The maximum atomic E-state index is 11.3. The molecule has 1 heterocycles. The number of hydrogen-bond donors (Lipinski definition) is 2. The van der Waals surface area contributed by atoms with E-state index in [1.807, 2.05) is 20.8 Å². The average molecular weight is 255 g/mol. The summed E-state index contributed by atoms with van der Waals surface area (Å²) in [7, 11) is 0. The molecule has 0 aliphatic carbocycles. The van der Waals surface area contributed by atoms with Gasteiger partial charge in [-0.05, 0) is 27.2 Å². The van der Waals surface area contributed by atoms with Crippen LogP contribution < -0.4 is 5.32 Å². The van der Waals surface area contributed by atoms with E-state index in [2.05, 4.69) is 10.4 Å². The summed E-state index contributed by atoms with van der Waals surface area (Å²) in [4.78, 5) is 11.3. The lowest BCUT2D eigenvalue weighted by Gasteiger charge is -2.19. The Morgan fingerprint density at radius 2 is 2.28 bits per heavy atom. The Bertz CT molecular complexity index is 382. The Morgan fingerprint density at radius 3 is 2.83 bits per heavy atom. The first-order valence-corrected chi connectivity index (χ1v) is 6.00. The molecule has 6 nitrogen and oxygen atoms in total. The van der Waals surface area contributed by atoms with Gasteiger partial charge in [0.15, 0.2) is 0 Å². The molecule has 0 saturated carbocycles. The summed E-state index contributed by atoms with van der Waals surface area (Å²) >= 11 is 0.